The van der Waals surface area contributed by atoms with E-state index in [0.717, 1.165) is 6.54 Å². The molecule has 7 heteroatoms. The maximum Gasteiger partial charge on any atom is 0.249 e. The Morgan fingerprint density at radius 1 is 1.32 bits per heavy atom. The lowest BCUT2D eigenvalue weighted by Crippen LogP contribution is -2.31. The fourth-order valence-electron chi connectivity index (χ4n) is 1.83. The largest absolute Gasteiger partial charge is 0.421 e. The smallest absolute Gasteiger partial charge is 0.249 e. The minimum Gasteiger partial charge on any atom is -0.421 e. The summed E-state index contributed by atoms with van der Waals surface area (Å²) in [6.07, 6.45) is 0.725. The fraction of sp³-hybridized carbons (Fsp3) is 0.400. The number of aromatic nitrogens is 2. The number of likely N-dealkylation sites (N-methyl/N-ethyl adjacent to an activating group) is 1. The van der Waals surface area contributed by atoms with E-state index < -0.39 is 0 Å². The monoisotopic (exact) mass is 322 g/mol. The molecule has 0 aliphatic carbocycles. The van der Waals surface area contributed by atoms with Crippen molar-refractivity contribution in [3.8, 4) is 11.5 Å². The van der Waals surface area contributed by atoms with Crippen molar-refractivity contribution in [1.82, 2.24) is 20.4 Å². The van der Waals surface area contributed by atoms with Gasteiger partial charge in [0.25, 0.3) is 0 Å². The van der Waals surface area contributed by atoms with E-state index in [2.05, 4.69) is 15.5 Å². The molecule has 2 aromatic rings. The lowest BCUT2D eigenvalue weighted by molar-refractivity contribution is -0.121. The summed E-state index contributed by atoms with van der Waals surface area (Å²) in [5.41, 5.74) is 0.693. The average molecular weight is 323 g/mol. The Balaban J connectivity index is 1.85. The first-order valence-corrected chi connectivity index (χ1v) is 7.43. The van der Waals surface area contributed by atoms with Crippen LogP contribution in [0.25, 0.3) is 11.5 Å². The van der Waals surface area contributed by atoms with Crippen molar-refractivity contribution in [2.24, 2.45) is 0 Å². The number of hydrogen-bond acceptors (Lipinski definition) is 5. The van der Waals surface area contributed by atoms with Crippen molar-refractivity contribution >= 4 is 17.5 Å². The molecule has 1 amide bonds. The second kappa shape index (κ2) is 7.91. The second-order valence-corrected chi connectivity index (χ2v) is 5.54. The zero-order valence-corrected chi connectivity index (χ0v) is 13.4. The SMILES string of the molecule is CN(C)CCNC(=O)CCc1nnc(-c2ccccc2Cl)o1. The van der Waals surface area contributed by atoms with Gasteiger partial charge in [-0.25, -0.2) is 0 Å². The van der Waals surface area contributed by atoms with Gasteiger partial charge in [-0.3, -0.25) is 4.79 Å². The standard InChI is InChI=1S/C15H19ClN4O2/c1-20(2)10-9-17-13(21)7-8-14-18-19-15(22-14)11-5-3-4-6-12(11)16/h3-6H,7-10H2,1-2H3,(H,17,21). The molecule has 2 rings (SSSR count). The summed E-state index contributed by atoms with van der Waals surface area (Å²) in [5, 5.41) is 11.3. The number of halogens is 1. The van der Waals surface area contributed by atoms with Crippen LogP contribution < -0.4 is 5.32 Å². The lowest BCUT2D eigenvalue weighted by atomic mass is 10.2. The molecule has 0 spiro atoms. The van der Waals surface area contributed by atoms with Crippen LogP contribution in [0.4, 0.5) is 0 Å². The van der Waals surface area contributed by atoms with Crippen LogP contribution >= 0.6 is 11.6 Å². The Bertz CT molecular complexity index is 628. The average Bonchev–Trinajstić information content (AvgIpc) is 2.94. The molecule has 0 saturated carbocycles. The minimum absolute atomic E-state index is 0.0284. The highest BCUT2D eigenvalue weighted by Gasteiger charge is 2.12. The zero-order chi connectivity index (χ0) is 15.9. The van der Waals surface area contributed by atoms with E-state index in [1.165, 1.54) is 0 Å². The first-order chi connectivity index (χ1) is 10.6. The molecule has 0 aliphatic rings. The van der Waals surface area contributed by atoms with Crippen LogP contribution in [0.1, 0.15) is 12.3 Å². The van der Waals surface area contributed by atoms with Crippen LogP contribution in [0.15, 0.2) is 28.7 Å². The summed E-state index contributed by atoms with van der Waals surface area (Å²) in [6, 6.07) is 7.26. The first-order valence-electron chi connectivity index (χ1n) is 7.05. The van der Waals surface area contributed by atoms with Crippen LogP contribution in [0.2, 0.25) is 5.02 Å². The molecule has 0 radical (unpaired) electrons. The van der Waals surface area contributed by atoms with E-state index in [4.69, 9.17) is 16.0 Å². The first kappa shape index (κ1) is 16.5. The minimum atomic E-state index is -0.0284. The van der Waals surface area contributed by atoms with Crippen LogP contribution in [0, 0.1) is 0 Å². The van der Waals surface area contributed by atoms with Crippen molar-refractivity contribution in [1.29, 1.82) is 0 Å². The summed E-state index contributed by atoms with van der Waals surface area (Å²) in [7, 11) is 3.92. The van der Waals surface area contributed by atoms with Gasteiger partial charge in [-0.1, -0.05) is 23.7 Å². The third kappa shape index (κ3) is 4.82. The second-order valence-electron chi connectivity index (χ2n) is 5.13. The van der Waals surface area contributed by atoms with Crippen molar-refractivity contribution in [3.63, 3.8) is 0 Å². The molecule has 0 aliphatic heterocycles. The van der Waals surface area contributed by atoms with E-state index in [1.807, 2.05) is 37.2 Å². The topological polar surface area (TPSA) is 71.3 Å². The number of aryl methyl sites for hydroxylation is 1. The summed E-state index contributed by atoms with van der Waals surface area (Å²) >= 11 is 6.08. The van der Waals surface area contributed by atoms with E-state index in [1.54, 1.807) is 6.07 Å². The van der Waals surface area contributed by atoms with Gasteiger partial charge in [0.05, 0.1) is 10.6 Å². The highest BCUT2D eigenvalue weighted by molar-refractivity contribution is 6.33. The number of rotatable bonds is 7. The van der Waals surface area contributed by atoms with Crippen LogP contribution in [-0.4, -0.2) is 48.2 Å². The van der Waals surface area contributed by atoms with Crippen LogP contribution in [-0.2, 0) is 11.2 Å². The fourth-order valence-corrected chi connectivity index (χ4v) is 2.04. The predicted molar refractivity (Wildman–Crippen MR) is 84.6 cm³/mol. The summed E-state index contributed by atoms with van der Waals surface area (Å²) in [6.45, 7) is 1.43. The third-order valence-corrected chi connectivity index (χ3v) is 3.35. The Morgan fingerprint density at radius 2 is 2.09 bits per heavy atom. The normalized spacial score (nSPS) is 10.9. The molecule has 6 nitrogen and oxygen atoms in total. The highest BCUT2D eigenvalue weighted by Crippen LogP contribution is 2.26. The molecule has 0 saturated heterocycles. The molecule has 1 aromatic carbocycles. The molecule has 0 fully saturated rings. The third-order valence-electron chi connectivity index (χ3n) is 3.02. The van der Waals surface area contributed by atoms with Crippen LogP contribution in [0.5, 0.6) is 0 Å². The number of carbonyl (C=O) groups excluding carboxylic acids is 1. The van der Waals surface area contributed by atoms with Crippen LogP contribution in [0.3, 0.4) is 0 Å². The number of nitrogens with zero attached hydrogens (tertiary/aromatic N) is 3. The molecular weight excluding hydrogens is 304 g/mol. The summed E-state index contributed by atoms with van der Waals surface area (Å²) in [5.74, 6) is 0.769. The zero-order valence-electron chi connectivity index (χ0n) is 12.7. The van der Waals surface area contributed by atoms with Crippen molar-refractivity contribution in [2.45, 2.75) is 12.8 Å². The lowest BCUT2D eigenvalue weighted by Gasteiger charge is -2.09. The number of amides is 1. The van der Waals surface area contributed by atoms with Gasteiger partial charge in [0, 0.05) is 25.9 Å². The number of nitrogens with one attached hydrogen (secondary N) is 1. The van der Waals surface area contributed by atoms with Gasteiger partial charge in [-0.2, -0.15) is 0 Å². The molecule has 0 atom stereocenters. The Kier molecular flexibility index (Phi) is 5.91. The predicted octanol–water partition coefficient (Wildman–Crippen LogP) is 2.00. The number of carbonyl (C=O) groups is 1. The summed E-state index contributed by atoms with van der Waals surface area (Å²) in [4.78, 5) is 13.7. The molecule has 0 bridgehead atoms. The van der Waals surface area contributed by atoms with Gasteiger partial charge in [0.2, 0.25) is 17.7 Å². The number of benzene rings is 1. The number of hydrogen-bond donors (Lipinski definition) is 1. The maximum atomic E-state index is 11.7. The van der Waals surface area contributed by atoms with Gasteiger partial charge >= 0.3 is 0 Å². The van der Waals surface area contributed by atoms with Gasteiger partial charge in [0.1, 0.15) is 0 Å². The van der Waals surface area contributed by atoms with Crippen molar-refractivity contribution in [2.75, 3.05) is 27.2 Å². The molecular formula is C15H19ClN4O2. The Morgan fingerprint density at radius 3 is 2.82 bits per heavy atom. The van der Waals surface area contributed by atoms with Crippen molar-refractivity contribution < 1.29 is 9.21 Å². The van der Waals surface area contributed by atoms with Crippen molar-refractivity contribution in [3.05, 3.63) is 35.2 Å². The molecule has 1 aromatic heterocycles. The quantitative estimate of drug-likeness (QED) is 0.844. The van der Waals surface area contributed by atoms with Gasteiger partial charge in [0.15, 0.2) is 0 Å². The van der Waals surface area contributed by atoms with E-state index in [-0.39, 0.29) is 5.91 Å². The molecule has 118 valence electrons. The van der Waals surface area contributed by atoms with E-state index in [9.17, 15) is 4.79 Å². The van der Waals surface area contributed by atoms with Gasteiger partial charge < -0.3 is 14.6 Å². The maximum absolute atomic E-state index is 11.7. The highest BCUT2D eigenvalue weighted by atomic mass is 35.5. The van der Waals surface area contributed by atoms with E-state index in [0.29, 0.717) is 41.8 Å². The van der Waals surface area contributed by atoms with E-state index >= 15 is 0 Å². The molecule has 1 N–H and O–H groups in total. The Hall–Kier alpha value is -1.92. The molecule has 1 heterocycles. The molecule has 0 unspecified atom stereocenters. The molecule has 22 heavy (non-hydrogen) atoms. The van der Waals surface area contributed by atoms with Gasteiger partial charge in [-0.05, 0) is 26.2 Å². The summed E-state index contributed by atoms with van der Waals surface area (Å²) < 4.78 is 5.55. The van der Waals surface area contributed by atoms with Gasteiger partial charge in [-0.15, -0.1) is 10.2 Å². The Labute approximate surface area is 134 Å².